The molecule has 1 aliphatic rings. The van der Waals surface area contributed by atoms with Crippen molar-refractivity contribution in [1.82, 2.24) is 4.57 Å². The Morgan fingerprint density at radius 3 is 2.88 bits per heavy atom. The van der Waals surface area contributed by atoms with Gasteiger partial charge >= 0.3 is 0 Å². The average molecular weight is 433 g/mol. The van der Waals surface area contributed by atoms with Crippen molar-refractivity contribution in [3.8, 4) is 5.75 Å². The van der Waals surface area contributed by atoms with Crippen molar-refractivity contribution in [2.75, 3.05) is 0 Å². The van der Waals surface area contributed by atoms with E-state index in [-0.39, 0.29) is 11.9 Å². The van der Waals surface area contributed by atoms with E-state index >= 15 is 0 Å². The van der Waals surface area contributed by atoms with Crippen LogP contribution < -0.4 is 9.30 Å². The summed E-state index contributed by atoms with van der Waals surface area (Å²) in [5.41, 5.74) is 1.85. The number of ether oxygens (including phenoxy) is 1. The molecule has 26 heavy (non-hydrogen) atoms. The van der Waals surface area contributed by atoms with Gasteiger partial charge in [0.25, 0.3) is 0 Å². The highest BCUT2D eigenvalue weighted by atomic mass is 79.9. The number of carbonyl (C=O) groups excluding carboxylic acids is 1. The predicted octanol–water partition coefficient (Wildman–Crippen LogP) is 4.08. The molecule has 0 fully saturated rings. The summed E-state index contributed by atoms with van der Waals surface area (Å²) >= 11 is 9.43. The zero-order chi connectivity index (χ0) is 18.1. The third-order valence-corrected chi connectivity index (χ3v) is 5.18. The van der Waals surface area contributed by atoms with E-state index in [4.69, 9.17) is 16.3 Å². The fourth-order valence-electron chi connectivity index (χ4n) is 3.16. The first-order valence-corrected chi connectivity index (χ1v) is 9.52. The van der Waals surface area contributed by atoms with Crippen molar-refractivity contribution in [2.24, 2.45) is 0 Å². The van der Waals surface area contributed by atoms with Crippen LogP contribution in [0.15, 0.2) is 65.7 Å². The second-order valence-electron chi connectivity index (χ2n) is 6.41. The largest absolute Gasteiger partial charge is 0.486 e. The number of hydrogen-bond acceptors (Lipinski definition) is 2. The van der Waals surface area contributed by atoms with Gasteiger partial charge in [0.2, 0.25) is 12.1 Å². The molecule has 4 nitrogen and oxygen atoms in total. The molecule has 0 radical (unpaired) electrons. The molecule has 1 aromatic heterocycles. The van der Waals surface area contributed by atoms with E-state index in [1.165, 1.54) is 0 Å². The maximum Gasteiger partial charge on any atom is 0.244 e. The standard InChI is InChI=1S/C20H17BrClN2O2/c21-16-3-1-14(2-4-16)19(25)12-24-8-7-23(13-24)11-18-10-15-9-17(22)5-6-20(15)26-18/h1-9,13,18H,10-12H2/q+1. The van der Waals surface area contributed by atoms with Crippen molar-refractivity contribution in [3.63, 3.8) is 0 Å². The molecule has 0 N–H and O–H groups in total. The van der Waals surface area contributed by atoms with E-state index in [1.54, 1.807) is 0 Å². The van der Waals surface area contributed by atoms with Crippen LogP contribution in [0.2, 0.25) is 5.02 Å². The van der Waals surface area contributed by atoms with Crippen molar-refractivity contribution in [1.29, 1.82) is 0 Å². The quantitative estimate of drug-likeness (QED) is 0.450. The minimum absolute atomic E-state index is 0.0755. The fourth-order valence-corrected chi connectivity index (χ4v) is 3.62. The van der Waals surface area contributed by atoms with E-state index in [9.17, 15) is 4.79 Å². The van der Waals surface area contributed by atoms with Crippen LogP contribution in [0.4, 0.5) is 0 Å². The molecule has 0 aliphatic carbocycles. The summed E-state index contributed by atoms with van der Waals surface area (Å²) in [5, 5.41) is 0.735. The van der Waals surface area contributed by atoms with Gasteiger partial charge in [-0.3, -0.25) is 4.79 Å². The van der Waals surface area contributed by atoms with Crippen molar-refractivity contribution >= 4 is 33.3 Å². The van der Waals surface area contributed by atoms with Gasteiger partial charge in [-0.15, -0.1) is 0 Å². The van der Waals surface area contributed by atoms with Gasteiger partial charge in [0.05, 0.1) is 0 Å². The minimum Gasteiger partial charge on any atom is -0.486 e. The van der Waals surface area contributed by atoms with Gasteiger partial charge in [0.15, 0.2) is 6.54 Å². The van der Waals surface area contributed by atoms with Crippen LogP contribution in [-0.4, -0.2) is 16.5 Å². The van der Waals surface area contributed by atoms with E-state index < -0.39 is 0 Å². The molecule has 132 valence electrons. The maximum absolute atomic E-state index is 12.4. The molecule has 3 aromatic rings. The van der Waals surface area contributed by atoms with Crippen molar-refractivity contribution < 1.29 is 14.1 Å². The normalized spacial score (nSPS) is 15.5. The van der Waals surface area contributed by atoms with Crippen molar-refractivity contribution in [2.45, 2.75) is 25.6 Å². The second-order valence-corrected chi connectivity index (χ2v) is 7.76. The number of imidazole rings is 1. The SMILES string of the molecule is O=C(C[n+]1ccn(CC2Cc3cc(Cl)ccc3O2)c1)c1ccc(Br)cc1. The van der Waals surface area contributed by atoms with Gasteiger partial charge in [0.1, 0.15) is 30.8 Å². The minimum atomic E-state index is 0.0755. The van der Waals surface area contributed by atoms with Gasteiger partial charge < -0.3 is 4.74 Å². The molecule has 6 heteroatoms. The molecular formula is C20H17BrClN2O2+. The lowest BCUT2D eigenvalue weighted by Gasteiger charge is -2.07. The second kappa shape index (κ2) is 7.25. The third-order valence-electron chi connectivity index (χ3n) is 4.42. The number of halogens is 2. The number of rotatable bonds is 5. The Morgan fingerprint density at radius 1 is 1.27 bits per heavy atom. The Kier molecular flexibility index (Phi) is 4.83. The third kappa shape index (κ3) is 3.84. The Bertz CT molecular complexity index is 953. The van der Waals surface area contributed by atoms with Crippen LogP contribution in [0.3, 0.4) is 0 Å². The molecule has 1 unspecified atom stereocenters. The summed E-state index contributed by atoms with van der Waals surface area (Å²) in [6.45, 7) is 1.04. The average Bonchev–Trinajstić information content (AvgIpc) is 3.21. The number of fused-ring (bicyclic) bond motifs is 1. The summed E-state index contributed by atoms with van der Waals surface area (Å²) < 4.78 is 10.9. The summed E-state index contributed by atoms with van der Waals surface area (Å²) in [4.78, 5) is 12.4. The van der Waals surface area contributed by atoms with Crippen LogP contribution in [0.25, 0.3) is 0 Å². The van der Waals surface area contributed by atoms with Crippen LogP contribution in [0.5, 0.6) is 5.75 Å². The van der Waals surface area contributed by atoms with Gasteiger partial charge in [-0.2, -0.15) is 0 Å². The smallest absolute Gasteiger partial charge is 0.244 e. The molecule has 0 amide bonds. The Balaban J connectivity index is 1.38. The van der Waals surface area contributed by atoms with Gasteiger partial charge in [0, 0.05) is 21.5 Å². The lowest BCUT2D eigenvalue weighted by molar-refractivity contribution is -0.682. The Morgan fingerprint density at radius 2 is 2.08 bits per heavy atom. The topological polar surface area (TPSA) is 35.1 Å². The first-order chi connectivity index (χ1) is 12.6. The zero-order valence-electron chi connectivity index (χ0n) is 13.9. The molecule has 1 aliphatic heterocycles. The molecule has 4 rings (SSSR count). The highest BCUT2D eigenvalue weighted by Gasteiger charge is 2.25. The summed E-state index contributed by atoms with van der Waals surface area (Å²) in [6.07, 6.45) is 6.73. The van der Waals surface area contributed by atoms with E-state index in [0.717, 1.165) is 33.8 Å². The fraction of sp³-hybridized carbons (Fsp3) is 0.200. The zero-order valence-corrected chi connectivity index (χ0v) is 16.3. The number of Topliss-reactive ketones (excluding diaryl/α,β-unsaturated/α-hetero) is 1. The molecule has 0 bridgehead atoms. The van der Waals surface area contributed by atoms with Crippen LogP contribution >= 0.6 is 27.5 Å². The summed E-state index contributed by atoms with van der Waals surface area (Å²) in [7, 11) is 0. The van der Waals surface area contributed by atoms with Gasteiger partial charge in [-0.25, -0.2) is 9.13 Å². The number of aromatic nitrogens is 2. The molecule has 2 heterocycles. The van der Waals surface area contributed by atoms with Crippen molar-refractivity contribution in [3.05, 3.63) is 81.8 Å². The highest BCUT2D eigenvalue weighted by Crippen LogP contribution is 2.31. The number of nitrogens with zero attached hydrogens (tertiary/aromatic N) is 2. The maximum atomic E-state index is 12.4. The van der Waals surface area contributed by atoms with Gasteiger partial charge in [-0.1, -0.05) is 39.7 Å². The molecule has 0 spiro atoms. The first-order valence-electron chi connectivity index (χ1n) is 8.35. The van der Waals surface area contributed by atoms with Gasteiger partial charge in [-0.05, 0) is 35.9 Å². The lowest BCUT2D eigenvalue weighted by atomic mass is 10.1. The Hall–Kier alpha value is -2.11. The van der Waals surface area contributed by atoms with Crippen LogP contribution in [0, 0.1) is 0 Å². The molecular weight excluding hydrogens is 416 g/mol. The lowest BCUT2D eigenvalue weighted by Crippen LogP contribution is -2.36. The highest BCUT2D eigenvalue weighted by molar-refractivity contribution is 9.10. The Labute approximate surface area is 165 Å². The first kappa shape index (κ1) is 17.3. The molecule has 0 saturated heterocycles. The van der Waals surface area contributed by atoms with Crippen LogP contribution in [-0.2, 0) is 19.5 Å². The summed E-state index contributed by atoms with van der Waals surface area (Å²) in [5.74, 6) is 0.990. The van der Waals surface area contributed by atoms with E-state index in [0.29, 0.717) is 12.1 Å². The number of hydrogen-bond donors (Lipinski definition) is 0. The number of ketones is 1. The molecule has 0 saturated carbocycles. The van der Waals surface area contributed by atoms with E-state index in [1.807, 2.05) is 70.3 Å². The predicted molar refractivity (Wildman–Crippen MR) is 103 cm³/mol. The molecule has 1 atom stereocenters. The van der Waals surface area contributed by atoms with E-state index in [2.05, 4.69) is 15.9 Å². The number of benzene rings is 2. The molecule has 2 aromatic carbocycles. The van der Waals surface area contributed by atoms with Crippen LogP contribution in [0.1, 0.15) is 15.9 Å². The number of carbonyl (C=O) groups is 1. The monoisotopic (exact) mass is 431 g/mol. The summed E-state index contributed by atoms with van der Waals surface area (Å²) in [6, 6.07) is 13.2.